The van der Waals surface area contributed by atoms with Gasteiger partial charge in [-0.3, -0.25) is 15.0 Å². The van der Waals surface area contributed by atoms with Gasteiger partial charge in [-0.1, -0.05) is 24.3 Å². The van der Waals surface area contributed by atoms with Gasteiger partial charge in [0.25, 0.3) is 5.69 Å². The molecule has 5 nitrogen and oxygen atoms in total. The van der Waals surface area contributed by atoms with Crippen molar-refractivity contribution in [2.24, 2.45) is 0 Å². The van der Waals surface area contributed by atoms with Crippen molar-refractivity contribution in [3.05, 3.63) is 69.3 Å². The topological polar surface area (TPSA) is 55.6 Å². The van der Waals surface area contributed by atoms with E-state index in [2.05, 4.69) is 4.90 Å². The molecule has 0 spiro atoms. The number of halogens is 3. The molecule has 0 radical (unpaired) electrons. The van der Waals surface area contributed by atoms with Gasteiger partial charge in [-0.25, -0.2) is 0 Å². The first kappa shape index (κ1) is 22.6. The molecule has 30 heavy (non-hydrogen) atoms. The van der Waals surface area contributed by atoms with E-state index in [-0.39, 0.29) is 11.4 Å². The molecule has 3 rings (SSSR count). The van der Waals surface area contributed by atoms with Crippen LogP contribution in [0.5, 0.6) is 0 Å². The summed E-state index contributed by atoms with van der Waals surface area (Å²) in [5.41, 5.74) is 0.638. The maximum atomic E-state index is 12.9. The number of nitro benzene ring substituents is 1. The van der Waals surface area contributed by atoms with Crippen LogP contribution >= 0.6 is 11.8 Å². The van der Waals surface area contributed by atoms with Gasteiger partial charge in [0.05, 0.1) is 28.6 Å². The van der Waals surface area contributed by atoms with E-state index in [1.54, 1.807) is 18.2 Å². The maximum absolute atomic E-state index is 12.9. The van der Waals surface area contributed by atoms with E-state index in [9.17, 15) is 23.3 Å². The van der Waals surface area contributed by atoms with Gasteiger partial charge in [0.15, 0.2) is 0 Å². The Bertz CT molecular complexity index is 871. The fourth-order valence-electron chi connectivity index (χ4n) is 3.31. The van der Waals surface area contributed by atoms with Gasteiger partial charge in [-0.05, 0) is 42.6 Å². The second-order valence-corrected chi connectivity index (χ2v) is 8.12. The van der Waals surface area contributed by atoms with Gasteiger partial charge in [0, 0.05) is 24.9 Å². The summed E-state index contributed by atoms with van der Waals surface area (Å²) in [5.74, 6) is 0.223. The van der Waals surface area contributed by atoms with Gasteiger partial charge in [0.1, 0.15) is 0 Å². The van der Waals surface area contributed by atoms with Crippen molar-refractivity contribution >= 4 is 17.4 Å². The number of hydrogen-bond acceptors (Lipinski definition) is 5. The summed E-state index contributed by atoms with van der Waals surface area (Å²) >= 11 is 1.17. The smallest absolute Gasteiger partial charge is 0.379 e. The highest BCUT2D eigenvalue weighted by Gasteiger charge is 2.30. The molecule has 0 saturated carbocycles. The minimum absolute atomic E-state index is 0.00384. The number of rotatable bonds is 8. The molecule has 0 unspecified atom stereocenters. The molecule has 9 heteroatoms. The van der Waals surface area contributed by atoms with Crippen LogP contribution in [-0.4, -0.2) is 42.7 Å². The summed E-state index contributed by atoms with van der Waals surface area (Å²) in [6.07, 6.45) is -2.78. The summed E-state index contributed by atoms with van der Waals surface area (Å²) in [6.45, 7) is 4.21. The molecule has 1 aliphatic heterocycles. The molecule has 0 bridgehead atoms. The van der Waals surface area contributed by atoms with Gasteiger partial charge in [-0.2, -0.15) is 13.2 Å². The predicted octanol–water partition coefficient (Wildman–Crippen LogP) is 5.17. The van der Waals surface area contributed by atoms with Crippen molar-refractivity contribution in [2.75, 3.05) is 32.8 Å². The Morgan fingerprint density at radius 1 is 1.10 bits per heavy atom. The van der Waals surface area contributed by atoms with Crippen molar-refractivity contribution in [2.45, 2.75) is 29.7 Å². The fraction of sp³-hybridized carbons (Fsp3) is 0.429. The monoisotopic (exact) mass is 440 g/mol. The number of ether oxygens (including phenoxy) is 1. The molecule has 0 atom stereocenters. The number of hydrogen-bond donors (Lipinski definition) is 0. The largest absolute Gasteiger partial charge is 0.416 e. The molecule has 0 N–H and O–H groups in total. The molecular formula is C21H23F3N2O3S. The van der Waals surface area contributed by atoms with E-state index in [0.717, 1.165) is 63.4 Å². The minimum atomic E-state index is -4.41. The fourth-order valence-corrected chi connectivity index (χ4v) is 4.26. The molecular weight excluding hydrogens is 417 g/mol. The summed E-state index contributed by atoms with van der Waals surface area (Å²) in [4.78, 5) is 13.9. The highest BCUT2D eigenvalue weighted by molar-refractivity contribution is 7.98. The number of thioether (sulfide) groups is 1. The minimum Gasteiger partial charge on any atom is -0.379 e. The highest BCUT2D eigenvalue weighted by Crippen LogP contribution is 2.34. The van der Waals surface area contributed by atoms with E-state index >= 15 is 0 Å². The van der Waals surface area contributed by atoms with E-state index < -0.39 is 16.7 Å². The lowest BCUT2D eigenvalue weighted by Crippen LogP contribution is -2.36. The molecule has 1 aliphatic rings. The van der Waals surface area contributed by atoms with Gasteiger partial charge >= 0.3 is 6.18 Å². The third kappa shape index (κ3) is 6.45. The molecule has 2 aromatic rings. The van der Waals surface area contributed by atoms with E-state index in [1.807, 2.05) is 6.07 Å². The molecule has 1 saturated heterocycles. The average molecular weight is 440 g/mol. The van der Waals surface area contributed by atoms with Gasteiger partial charge < -0.3 is 4.74 Å². The van der Waals surface area contributed by atoms with Crippen LogP contribution < -0.4 is 0 Å². The van der Waals surface area contributed by atoms with Crippen LogP contribution in [0.1, 0.15) is 23.1 Å². The lowest BCUT2D eigenvalue weighted by atomic mass is 10.1. The maximum Gasteiger partial charge on any atom is 0.416 e. The Morgan fingerprint density at radius 2 is 1.87 bits per heavy atom. The standard InChI is InChI=1S/C21H23F3N2O3S/c22-21(23,24)18-5-1-3-17(13-18)15-30-20-7-6-16(14-19(20)26(27)28)4-2-8-25-9-11-29-12-10-25/h1,3,5-7,13-14H,2,4,8-12,15H2. The number of morpholine rings is 1. The van der Waals surface area contributed by atoms with Crippen LogP contribution in [0, 0.1) is 10.1 Å². The second-order valence-electron chi connectivity index (χ2n) is 7.10. The van der Waals surface area contributed by atoms with Crippen molar-refractivity contribution in [1.29, 1.82) is 0 Å². The highest BCUT2D eigenvalue weighted by atomic mass is 32.2. The lowest BCUT2D eigenvalue weighted by molar-refractivity contribution is -0.387. The Balaban J connectivity index is 1.61. The zero-order valence-electron chi connectivity index (χ0n) is 16.4. The van der Waals surface area contributed by atoms with E-state index in [4.69, 9.17) is 4.74 Å². The summed E-state index contributed by atoms with van der Waals surface area (Å²) in [5, 5.41) is 11.5. The van der Waals surface area contributed by atoms with Crippen LogP contribution in [0.25, 0.3) is 0 Å². The zero-order valence-corrected chi connectivity index (χ0v) is 17.2. The van der Waals surface area contributed by atoms with Gasteiger partial charge in [0.2, 0.25) is 0 Å². The van der Waals surface area contributed by atoms with Crippen molar-refractivity contribution in [3.63, 3.8) is 0 Å². The number of nitro groups is 1. The summed E-state index contributed by atoms with van der Waals surface area (Å²) in [7, 11) is 0. The van der Waals surface area contributed by atoms with Crippen LogP contribution in [0.2, 0.25) is 0 Å². The quantitative estimate of drug-likeness (QED) is 0.322. The second kappa shape index (κ2) is 10.3. The molecule has 0 aliphatic carbocycles. The number of nitrogens with zero attached hydrogens (tertiary/aromatic N) is 2. The van der Waals surface area contributed by atoms with Crippen molar-refractivity contribution in [3.8, 4) is 0 Å². The molecule has 0 aromatic heterocycles. The molecule has 0 amide bonds. The molecule has 162 valence electrons. The number of aryl methyl sites for hydroxylation is 1. The normalized spacial score (nSPS) is 15.3. The van der Waals surface area contributed by atoms with Crippen LogP contribution in [0.3, 0.4) is 0 Å². The Hall–Kier alpha value is -2.10. The molecule has 1 heterocycles. The van der Waals surface area contributed by atoms with Crippen molar-refractivity contribution < 1.29 is 22.8 Å². The Labute approximate surface area is 177 Å². The summed E-state index contributed by atoms with van der Waals surface area (Å²) in [6, 6.07) is 10.2. The SMILES string of the molecule is O=[N+]([O-])c1cc(CCCN2CCOCC2)ccc1SCc1cccc(C(F)(F)F)c1. The Kier molecular flexibility index (Phi) is 7.74. The predicted molar refractivity (Wildman–Crippen MR) is 110 cm³/mol. The first-order valence-corrected chi connectivity index (χ1v) is 10.7. The lowest BCUT2D eigenvalue weighted by Gasteiger charge is -2.26. The van der Waals surface area contributed by atoms with Crippen LogP contribution in [0.15, 0.2) is 47.4 Å². The third-order valence-corrected chi connectivity index (χ3v) is 6.05. The van der Waals surface area contributed by atoms with Crippen LogP contribution in [0.4, 0.5) is 18.9 Å². The average Bonchev–Trinajstić information content (AvgIpc) is 2.73. The first-order valence-electron chi connectivity index (χ1n) is 9.69. The van der Waals surface area contributed by atoms with Gasteiger partial charge in [-0.15, -0.1) is 11.8 Å². The zero-order chi connectivity index (χ0) is 21.6. The third-order valence-electron chi connectivity index (χ3n) is 4.91. The first-order chi connectivity index (χ1) is 14.3. The Morgan fingerprint density at radius 3 is 2.57 bits per heavy atom. The van der Waals surface area contributed by atoms with Crippen LogP contribution in [-0.2, 0) is 23.1 Å². The summed E-state index contributed by atoms with van der Waals surface area (Å²) < 4.78 is 43.9. The molecule has 2 aromatic carbocycles. The number of alkyl halides is 3. The number of benzene rings is 2. The van der Waals surface area contributed by atoms with E-state index in [0.29, 0.717) is 10.5 Å². The molecule has 1 fully saturated rings. The van der Waals surface area contributed by atoms with Crippen molar-refractivity contribution in [1.82, 2.24) is 4.90 Å². The van der Waals surface area contributed by atoms with E-state index in [1.165, 1.54) is 17.8 Å².